The number of carbonyl (C=O) groups excluding carboxylic acids is 1. The number of benzene rings is 1. The van der Waals surface area contributed by atoms with Crippen LogP contribution in [-0.4, -0.2) is 28.3 Å². The Morgan fingerprint density at radius 1 is 1.33 bits per heavy atom. The maximum atomic E-state index is 12.7. The molecule has 1 aromatic carbocycles. The number of hydrogen-bond donors (Lipinski definition) is 1. The van der Waals surface area contributed by atoms with Crippen molar-refractivity contribution in [1.29, 1.82) is 0 Å². The molecule has 5 heteroatoms. The topological polar surface area (TPSA) is 56.1 Å². The van der Waals surface area contributed by atoms with E-state index in [1.165, 1.54) is 0 Å². The summed E-state index contributed by atoms with van der Waals surface area (Å²) in [7, 11) is 1.66. The summed E-state index contributed by atoms with van der Waals surface area (Å²) in [6.07, 6.45) is 0.687. The minimum absolute atomic E-state index is 0.0407. The van der Waals surface area contributed by atoms with Crippen LogP contribution >= 0.6 is 0 Å². The van der Waals surface area contributed by atoms with Gasteiger partial charge in [-0.15, -0.1) is 0 Å². The SMILES string of the molecule is COc1ccccc1CC(C)(C)NC(=O)[C@H](C)n1nc(C)cc1C. The van der Waals surface area contributed by atoms with Crippen molar-refractivity contribution in [1.82, 2.24) is 15.1 Å². The van der Waals surface area contributed by atoms with E-state index < -0.39 is 5.54 Å². The van der Waals surface area contributed by atoms with E-state index in [2.05, 4.69) is 10.4 Å². The van der Waals surface area contributed by atoms with E-state index in [0.717, 1.165) is 22.7 Å². The van der Waals surface area contributed by atoms with Gasteiger partial charge in [0, 0.05) is 11.2 Å². The summed E-state index contributed by atoms with van der Waals surface area (Å²) in [6.45, 7) is 9.80. The minimum Gasteiger partial charge on any atom is -0.496 e. The molecule has 5 nitrogen and oxygen atoms in total. The molecule has 0 aliphatic rings. The molecule has 2 aromatic rings. The number of para-hydroxylation sites is 1. The molecule has 0 aliphatic carbocycles. The smallest absolute Gasteiger partial charge is 0.245 e. The highest BCUT2D eigenvalue weighted by atomic mass is 16.5. The summed E-state index contributed by atoms with van der Waals surface area (Å²) in [6, 6.07) is 9.51. The monoisotopic (exact) mass is 329 g/mol. The number of methoxy groups -OCH3 is 1. The van der Waals surface area contributed by atoms with Crippen LogP contribution < -0.4 is 10.1 Å². The van der Waals surface area contributed by atoms with Crippen LogP contribution in [0.2, 0.25) is 0 Å². The molecule has 1 heterocycles. The molecule has 0 saturated heterocycles. The molecule has 0 spiro atoms. The zero-order chi connectivity index (χ0) is 17.9. The van der Waals surface area contributed by atoms with Crippen LogP contribution in [0.5, 0.6) is 5.75 Å². The molecular weight excluding hydrogens is 302 g/mol. The standard InChI is InChI=1S/C19H27N3O2/c1-13-11-14(2)22(21-13)15(3)18(23)20-19(4,5)12-16-9-7-8-10-17(16)24-6/h7-11,15H,12H2,1-6H3,(H,20,23)/t15-/m0/s1. The fourth-order valence-electron chi connectivity index (χ4n) is 2.96. The summed E-state index contributed by atoms with van der Waals surface area (Å²) in [5.74, 6) is 0.799. The normalized spacial score (nSPS) is 12.8. The Kier molecular flexibility index (Phi) is 5.32. The van der Waals surface area contributed by atoms with Gasteiger partial charge in [-0.1, -0.05) is 18.2 Å². The van der Waals surface area contributed by atoms with E-state index in [1.807, 2.05) is 65.0 Å². The van der Waals surface area contributed by atoms with E-state index in [1.54, 1.807) is 11.8 Å². The molecule has 0 saturated carbocycles. The molecule has 1 amide bonds. The number of nitrogens with one attached hydrogen (secondary N) is 1. The summed E-state index contributed by atoms with van der Waals surface area (Å²) < 4.78 is 7.17. The summed E-state index contributed by atoms with van der Waals surface area (Å²) in [5.41, 5.74) is 2.58. The van der Waals surface area contributed by atoms with Gasteiger partial charge in [0.15, 0.2) is 0 Å². The van der Waals surface area contributed by atoms with Gasteiger partial charge in [0.2, 0.25) is 5.91 Å². The van der Waals surface area contributed by atoms with Gasteiger partial charge < -0.3 is 10.1 Å². The predicted octanol–water partition coefficient (Wildman–Crippen LogP) is 3.21. The number of ether oxygens (including phenoxy) is 1. The van der Waals surface area contributed by atoms with Gasteiger partial charge in [0.25, 0.3) is 0 Å². The zero-order valence-corrected chi connectivity index (χ0v) is 15.4. The van der Waals surface area contributed by atoms with E-state index in [4.69, 9.17) is 4.74 Å². The van der Waals surface area contributed by atoms with Crippen molar-refractivity contribution in [2.75, 3.05) is 7.11 Å². The van der Waals surface area contributed by atoms with Gasteiger partial charge in [-0.3, -0.25) is 9.48 Å². The first-order valence-corrected chi connectivity index (χ1v) is 8.20. The first kappa shape index (κ1) is 18.0. The number of nitrogens with zero attached hydrogens (tertiary/aromatic N) is 2. The van der Waals surface area contributed by atoms with Crippen molar-refractivity contribution in [3.8, 4) is 5.75 Å². The zero-order valence-electron chi connectivity index (χ0n) is 15.4. The maximum absolute atomic E-state index is 12.7. The quantitative estimate of drug-likeness (QED) is 0.885. The molecular formula is C19H27N3O2. The average molecular weight is 329 g/mol. The Bertz CT molecular complexity index is 719. The van der Waals surface area contributed by atoms with Crippen molar-refractivity contribution >= 4 is 5.91 Å². The third-order valence-electron chi connectivity index (χ3n) is 4.08. The van der Waals surface area contributed by atoms with Crippen molar-refractivity contribution in [3.05, 3.63) is 47.3 Å². The highest BCUT2D eigenvalue weighted by Gasteiger charge is 2.26. The van der Waals surface area contributed by atoms with Gasteiger partial charge >= 0.3 is 0 Å². The second-order valence-electron chi connectivity index (χ2n) is 6.91. The van der Waals surface area contributed by atoms with Crippen LogP contribution in [0, 0.1) is 13.8 Å². The van der Waals surface area contributed by atoms with Gasteiger partial charge in [-0.05, 0) is 58.7 Å². The van der Waals surface area contributed by atoms with Crippen molar-refractivity contribution in [2.24, 2.45) is 0 Å². The predicted molar refractivity (Wildman–Crippen MR) is 95.3 cm³/mol. The van der Waals surface area contributed by atoms with Gasteiger partial charge in [-0.25, -0.2) is 0 Å². The van der Waals surface area contributed by atoms with Crippen LogP contribution in [-0.2, 0) is 11.2 Å². The second kappa shape index (κ2) is 7.07. The van der Waals surface area contributed by atoms with Crippen LogP contribution in [0.25, 0.3) is 0 Å². The fourth-order valence-corrected chi connectivity index (χ4v) is 2.96. The van der Waals surface area contributed by atoms with Crippen molar-refractivity contribution in [2.45, 2.75) is 52.6 Å². The number of amides is 1. The molecule has 1 aromatic heterocycles. The average Bonchev–Trinajstić information content (AvgIpc) is 2.84. The molecule has 0 radical (unpaired) electrons. The van der Waals surface area contributed by atoms with E-state index in [-0.39, 0.29) is 11.9 Å². The molecule has 130 valence electrons. The van der Waals surface area contributed by atoms with Gasteiger partial charge in [0.1, 0.15) is 11.8 Å². The van der Waals surface area contributed by atoms with Crippen molar-refractivity contribution < 1.29 is 9.53 Å². The van der Waals surface area contributed by atoms with Gasteiger partial charge in [0.05, 0.1) is 12.8 Å². The second-order valence-corrected chi connectivity index (χ2v) is 6.91. The third-order valence-corrected chi connectivity index (χ3v) is 4.08. The van der Waals surface area contributed by atoms with Crippen LogP contribution in [0.1, 0.15) is 43.8 Å². The molecule has 1 atom stereocenters. The molecule has 1 N–H and O–H groups in total. The Hall–Kier alpha value is -2.30. The lowest BCUT2D eigenvalue weighted by Gasteiger charge is -2.29. The Morgan fingerprint density at radius 2 is 2.00 bits per heavy atom. The fraction of sp³-hybridized carbons (Fsp3) is 0.474. The third kappa shape index (κ3) is 4.16. The largest absolute Gasteiger partial charge is 0.496 e. The first-order valence-electron chi connectivity index (χ1n) is 8.20. The van der Waals surface area contributed by atoms with Crippen LogP contribution in [0.4, 0.5) is 0 Å². The Morgan fingerprint density at radius 3 is 2.58 bits per heavy atom. The molecule has 2 rings (SSSR count). The number of rotatable bonds is 6. The lowest BCUT2D eigenvalue weighted by molar-refractivity contribution is -0.125. The molecule has 24 heavy (non-hydrogen) atoms. The summed E-state index contributed by atoms with van der Waals surface area (Å²) in [5, 5.41) is 7.54. The lowest BCUT2D eigenvalue weighted by atomic mass is 9.94. The molecule has 0 unspecified atom stereocenters. The minimum atomic E-state index is -0.393. The van der Waals surface area contributed by atoms with Crippen LogP contribution in [0.15, 0.2) is 30.3 Å². The van der Waals surface area contributed by atoms with Gasteiger partial charge in [-0.2, -0.15) is 5.10 Å². The maximum Gasteiger partial charge on any atom is 0.245 e. The van der Waals surface area contributed by atoms with Crippen LogP contribution in [0.3, 0.4) is 0 Å². The van der Waals surface area contributed by atoms with E-state index in [0.29, 0.717) is 6.42 Å². The molecule has 0 bridgehead atoms. The van der Waals surface area contributed by atoms with E-state index in [9.17, 15) is 4.79 Å². The summed E-state index contributed by atoms with van der Waals surface area (Å²) in [4.78, 5) is 12.7. The van der Waals surface area contributed by atoms with E-state index >= 15 is 0 Å². The Balaban J connectivity index is 2.10. The number of carbonyl (C=O) groups is 1. The lowest BCUT2D eigenvalue weighted by Crippen LogP contribution is -2.47. The highest BCUT2D eigenvalue weighted by molar-refractivity contribution is 5.80. The Labute approximate surface area is 144 Å². The molecule has 0 fully saturated rings. The molecule has 0 aliphatic heterocycles. The first-order chi connectivity index (χ1) is 11.2. The van der Waals surface area contributed by atoms with Crippen molar-refractivity contribution in [3.63, 3.8) is 0 Å². The number of aromatic nitrogens is 2. The number of aryl methyl sites for hydroxylation is 2. The summed E-state index contributed by atoms with van der Waals surface area (Å²) >= 11 is 0. The highest BCUT2D eigenvalue weighted by Crippen LogP contribution is 2.23. The number of hydrogen-bond acceptors (Lipinski definition) is 3.